The van der Waals surface area contributed by atoms with Crippen molar-refractivity contribution in [3.8, 4) is 0 Å². The lowest BCUT2D eigenvalue weighted by Gasteiger charge is -2.14. The van der Waals surface area contributed by atoms with E-state index in [2.05, 4.69) is 15.3 Å². The maximum absolute atomic E-state index is 13.0. The number of halogens is 4. The van der Waals surface area contributed by atoms with Crippen molar-refractivity contribution < 1.29 is 23.1 Å². The van der Waals surface area contributed by atoms with Crippen LogP contribution in [0.3, 0.4) is 0 Å². The van der Waals surface area contributed by atoms with Gasteiger partial charge in [-0.3, -0.25) is 9.59 Å². The van der Waals surface area contributed by atoms with Crippen molar-refractivity contribution in [3.63, 3.8) is 0 Å². The maximum Gasteiger partial charge on any atom is 0.418 e. The zero-order valence-electron chi connectivity index (χ0n) is 14.0. The van der Waals surface area contributed by atoms with E-state index < -0.39 is 28.9 Å². The van der Waals surface area contributed by atoms with E-state index in [0.717, 1.165) is 23.9 Å². The van der Waals surface area contributed by atoms with Gasteiger partial charge in [0.15, 0.2) is 5.16 Å². The number of hydrogen-bond acceptors (Lipinski definition) is 5. The third-order valence-electron chi connectivity index (χ3n) is 3.46. The molecule has 27 heavy (non-hydrogen) atoms. The van der Waals surface area contributed by atoms with Crippen molar-refractivity contribution in [2.75, 3.05) is 17.7 Å². The Kier molecular flexibility index (Phi) is 6.90. The summed E-state index contributed by atoms with van der Waals surface area (Å²) in [6.07, 6.45) is -4.52. The first-order valence-corrected chi connectivity index (χ1v) is 8.98. The summed E-state index contributed by atoms with van der Waals surface area (Å²) < 4.78 is 39.1. The molecule has 1 aromatic carbocycles. The number of alkyl halides is 3. The van der Waals surface area contributed by atoms with Crippen LogP contribution in [0.5, 0.6) is 0 Å². The summed E-state index contributed by atoms with van der Waals surface area (Å²) in [5, 5.41) is 11.2. The number of H-pyrrole nitrogens is 1. The highest BCUT2D eigenvalue weighted by Gasteiger charge is 2.34. The summed E-state index contributed by atoms with van der Waals surface area (Å²) in [5.74, 6) is -0.964. The topological polar surface area (TPSA) is 95.1 Å². The van der Waals surface area contributed by atoms with Crippen molar-refractivity contribution in [3.05, 3.63) is 50.4 Å². The molecule has 0 aliphatic rings. The van der Waals surface area contributed by atoms with E-state index in [4.69, 9.17) is 16.7 Å². The molecule has 1 amide bonds. The van der Waals surface area contributed by atoms with Crippen LogP contribution in [0.2, 0.25) is 5.02 Å². The normalized spacial score (nSPS) is 11.5. The number of nitrogens with one attached hydrogen (secondary N) is 2. The van der Waals surface area contributed by atoms with Gasteiger partial charge in [-0.1, -0.05) is 23.4 Å². The van der Waals surface area contributed by atoms with Crippen LogP contribution < -0.4 is 10.9 Å². The van der Waals surface area contributed by atoms with E-state index in [1.807, 2.05) is 0 Å². The molecule has 0 unspecified atom stereocenters. The Balaban J connectivity index is 2.09. The lowest BCUT2D eigenvalue weighted by atomic mass is 10.1. The highest BCUT2D eigenvalue weighted by molar-refractivity contribution is 7.99. The van der Waals surface area contributed by atoms with Crippen LogP contribution in [0, 0.1) is 6.92 Å². The number of aliphatic hydroxyl groups is 1. The minimum atomic E-state index is -4.67. The SMILES string of the molecule is Cc1nc(SCC(=O)Nc2ccc(Cl)cc2C(F)(F)F)[nH]c(=O)c1CCO. The quantitative estimate of drug-likeness (QED) is 0.492. The number of carbonyl (C=O) groups excluding carboxylic acids is 1. The van der Waals surface area contributed by atoms with E-state index in [9.17, 15) is 22.8 Å². The van der Waals surface area contributed by atoms with Gasteiger partial charge in [0.05, 0.1) is 17.0 Å². The molecule has 6 nitrogen and oxygen atoms in total. The van der Waals surface area contributed by atoms with Crippen molar-refractivity contribution in [1.82, 2.24) is 9.97 Å². The minimum absolute atomic E-state index is 0.102. The lowest BCUT2D eigenvalue weighted by Crippen LogP contribution is -2.20. The molecule has 3 N–H and O–H groups in total. The van der Waals surface area contributed by atoms with E-state index in [0.29, 0.717) is 11.3 Å². The van der Waals surface area contributed by atoms with Crippen molar-refractivity contribution in [1.29, 1.82) is 0 Å². The first kappa shape index (κ1) is 21.3. The smallest absolute Gasteiger partial charge is 0.396 e. The number of aromatic nitrogens is 2. The van der Waals surface area contributed by atoms with E-state index in [1.165, 1.54) is 6.07 Å². The summed E-state index contributed by atoms with van der Waals surface area (Å²) in [4.78, 5) is 30.5. The van der Waals surface area contributed by atoms with Crippen LogP contribution in [0.25, 0.3) is 0 Å². The highest BCUT2D eigenvalue weighted by Crippen LogP contribution is 2.36. The minimum Gasteiger partial charge on any atom is -0.396 e. The molecule has 0 bridgehead atoms. The average Bonchev–Trinajstić information content (AvgIpc) is 2.57. The van der Waals surface area contributed by atoms with Crippen LogP contribution in [0.1, 0.15) is 16.8 Å². The van der Waals surface area contributed by atoms with Crippen LogP contribution in [0.15, 0.2) is 28.2 Å². The molecule has 1 aromatic heterocycles. The fraction of sp³-hybridized carbons (Fsp3) is 0.312. The molecule has 11 heteroatoms. The van der Waals surface area contributed by atoms with Crippen molar-refractivity contribution >= 4 is 35.0 Å². The Morgan fingerprint density at radius 2 is 2.11 bits per heavy atom. The fourth-order valence-electron chi connectivity index (χ4n) is 2.24. The Morgan fingerprint density at radius 1 is 1.41 bits per heavy atom. The standard InChI is InChI=1S/C16H15ClF3N3O3S/c1-8-10(4-5-24)14(26)23-15(21-8)27-7-13(25)22-12-3-2-9(17)6-11(12)16(18,19)20/h2-3,6,24H,4-5,7H2,1H3,(H,22,25)(H,21,23,26). The Morgan fingerprint density at radius 3 is 2.70 bits per heavy atom. The summed E-state index contributed by atoms with van der Waals surface area (Å²) in [7, 11) is 0. The number of aromatic amines is 1. The highest BCUT2D eigenvalue weighted by atomic mass is 35.5. The van der Waals surface area contributed by atoms with Gasteiger partial charge in [-0.25, -0.2) is 4.98 Å². The molecule has 146 valence electrons. The van der Waals surface area contributed by atoms with Crippen LogP contribution in [-0.2, 0) is 17.4 Å². The Hall–Kier alpha value is -2.04. The third kappa shape index (κ3) is 5.72. The van der Waals surface area contributed by atoms with E-state index in [-0.39, 0.29) is 29.0 Å². The molecule has 0 radical (unpaired) electrons. The number of carbonyl (C=O) groups is 1. The van der Waals surface area contributed by atoms with E-state index >= 15 is 0 Å². The molecule has 0 fully saturated rings. The molecule has 2 aromatic rings. The number of benzene rings is 1. The Labute approximate surface area is 161 Å². The molecule has 0 aliphatic heterocycles. The molecular weight excluding hydrogens is 407 g/mol. The molecule has 2 rings (SSSR count). The molecule has 0 spiro atoms. The fourth-order valence-corrected chi connectivity index (χ4v) is 3.12. The molecule has 0 saturated carbocycles. The van der Waals surface area contributed by atoms with Crippen molar-refractivity contribution in [2.24, 2.45) is 0 Å². The van der Waals surface area contributed by atoms with Gasteiger partial charge in [0.1, 0.15) is 0 Å². The van der Waals surface area contributed by atoms with Crippen LogP contribution >= 0.6 is 23.4 Å². The first-order chi connectivity index (χ1) is 12.6. The zero-order chi connectivity index (χ0) is 20.2. The number of amides is 1. The second kappa shape index (κ2) is 8.77. The van der Waals surface area contributed by atoms with Gasteiger partial charge in [-0.05, 0) is 25.1 Å². The first-order valence-electron chi connectivity index (χ1n) is 7.62. The third-order valence-corrected chi connectivity index (χ3v) is 4.57. The predicted molar refractivity (Wildman–Crippen MR) is 96.2 cm³/mol. The zero-order valence-corrected chi connectivity index (χ0v) is 15.6. The molecule has 0 saturated heterocycles. The molecule has 0 atom stereocenters. The van der Waals surface area contributed by atoms with Gasteiger partial charge in [-0.15, -0.1) is 0 Å². The number of anilines is 1. The predicted octanol–water partition coefficient (Wildman–Crippen LogP) is 3.02. The van der Waals surface area contributed by atoms with Gasteiger partial charge >= 0.3 is 6.18 Å². The van der Waals surface area contributed by atoms with Crippen LogP contribution in [0.4, 0.5) is 18.9 Å². The van der Waals surface area contributed by atoms with Gasteiger partial charge < -0.3 is 15.4 Å². The maximum atomic E-state index is 13.0. The molecule has 1 heterocycles. The van der Waals surface area contributed by atoms with Crippen molar-refractivity contribution in [2.45, 2.75) is 24.7 Å². The Bertz CT molecular complexity index is 903. The second-order valence-electron chi connectivity index (χ2n) is 5.43. The van der Waals surface area contributed by atoms with Crippen LogP contribution in [-0.4, -0.2) is 33.3 Å². The monoisotopic (exact) mass is 421 g/mol. The largest absolute Gasteiger partial charge is 0.418 e. The number of aliphatic hydroxyl groups excluding tert-OH is 1. The second-order valence-corrected chi connectivity index (χ2v) is 6.83. The number of nitrogens with zero attached hydrogens (tertiary/aromatic N) is 1. The van der Waals surface area contributed by atoms with Gasteiger partial charge in [0, 0.05) is 29.3 Å². The van der Waals surface area contributed by atoms with Gasteiger partial charge in [0.2, 0.25) is 5.91 Å². The number of aryl methyl sites for hydroxylation is 1. The van der Waals surface area contributed by atoms with E-state index in [1.54, 1.807) is 6.92 Å². The average molecular weight is 422 g/mol. The number of hydrogen-bond donors (Lipinski definition) is 3. The van der Waals surface area contributed by atoms with Gasteiger partial charge in [-0.2, -0.15) is 13.2 Å². The molecule has 0 aliphatic carbocycles. The number of thioether (sulfide) groups is 1. The lowest BCUT2D eigenvalue weighted by molar-refractivity contribution is -0.137. The molecular formula is C16H15ClF3N3O3S. The summed E-state index contributed by atoms with van der Waals surface area (Å²) >= 11 is 6.46. The summed E-state index contributed by atoms with van der Waals surface area (Å²) in [5.41, 5.74) is -1.15. The summed E-state index contributed by atoms with van der Waals surface area (Å²) in [6, 6.07) is 3.04. The summed E-state index contributed by atoms with van der Waals surface area (Å²) in [6.45, 7) is 1.39. The van der Waals surface area contributed by atoms with Gasteiger partial charge in [0.25, 0.3) is 5.56 Å². The number of rotatable bonds is 6.